The van der Waals surface area contributed by atoms with Gasteiger partial charge in [0.15, 0.2) is 5.82 Å². The fourth-order valence-electron chi connectivity index (χ4n) is 4.06. The molecule has 0 radical (unpaired) electrons. The van der Waals surface area contributed by atoms with Crippen molar-refractivity contribution >= 4 is 39.8 Å². The zero-order chi connectivity index (χ0) is 23.9. The molecule has 2 N–H and O–H groups in total. The van der Waals surface area contributed by atoms with E-state index in [1.807, 2.05) is 78.1 Å². The summed E-state index contributed by atoms with van der Waals surface area (Å²) in [6.07, 6.45) is 0. The predicted molar refractivity (Wildman–Crippen MR) is 137 cm³/mol. The van der Waals surface area contributed by atoms with Crippen LogP contribution in [0.2, 0.25) is 5.02 Å². The highest BCUT2D eigenvalue weighted by molar-refractivity contribution is 6.30. The van der Waals surface area contributed by atoms with Crippen LogP contribution in [-0.2, 0) is 0 Å². The first-order chi connectivity index (χ1) is 17.0. The number of hydrogen-bond donors (Lipinski definition) is 2. The van der Waals surface area contributed by atoms with Crippen molar-refractivity contribution in [1.82, 2.24) is 29.5 Å². The van der Waals surface area contributed by atoms with Crippen LogP contribution in [0.1, 0.15) is 5.82 Å². The second-order valence-corrected chi connectivity index (χ2v) is 8.49. The van der Waals surface area contributed by atoms with Crippen molar-refractivity contribution in [1.29, 1.82) is 0 Å². The van der Waals surface area contributed by atoms with Crippen molar-refractivity contribution < 1.29 is 0 Å². The van der Waals surface area contributed by atoms with Gasteiger partial charge >= 0.3 is 5.69 Å². The van der Waals surface area contributed by atoms with Gasteiger partial charge in [-0.15, -0.1) is 10.2 Å². The SMILES string of the molecule is Cc1nnc2c(Nc3ccc(-c4cc(-c5ccc(Cl)cc5)[nH]c(=O)n4)cc3)nc3ccccc3n12. The lowest BCUT2D eigenvalue weighted by Crippen LogP contribution is -2.11. The maximum absolute atomic E-state index is 12.2. The third-order valence-corrected chi connectivity index (χ3v) is 5.99. The number of halogens is 1. The van der Waals surface area contributed by atoms with Crippen molar-refractivity contribution in [2.24, 2.45) is 0 Å². The van der Waals surface area contributed by atoms with Crippen molar-refractivity contribution in [3.63, 3.8) is 0 Å². The molecule has 3 heterocycles. The molecule has 6 aromatic rings. The van der Waals surface area contributed by atoms with E-state index in [4.69, 9.17) is 16.6 Å². The monoisotopic (exact) mass is 479 g/mol. The first-order valence-corrected chi connectivity index (χ1v) is 11.3. The molecule has 0 aliphatic carbocycles. The van der Waals surface area contributed by atoms with Crippen molar-refractivity contribution in [3.8, 4) is 22.5 Å². The van der Waals surface area contributed by atoms with E-state index in [9.17, 15) is 4.79 Å². The Morgan fingerprint density at radius 3 is 2.43 bits per heavy atom. The second-order valence-electron chi connectivity index (χ2n) is 8.05. The van der Waals surface area contributed by atoms with Crippen molar-refractivity contribution in [3.05, 3.63) is 100 Å². The molecule has 0 saturated carbocycles. The highest BCUT2D eigenvalue weighted by Gasteiger charge is 2.13. The Hall–Kier alpha value is -4.56. The van der Waals surface area contributed by atoms with Gasteiger partial charge in [0.05, 0.1) is 22.4 Å². The number of para-hydroxylation sites is 2. The number of aromatic amines is 1. The highest BCUT2D eigenvalue weighted by atomic mass is 35.5. The molecular weight excluding hydrogens is 462 g/mol. The van der Waals surface area contributed by atoms with Gasteiger partial charge in [-0.05, 0) is 55.0 Å². The van der Waals surface area contributed by atoms with E-state index in [1.54, 1.807) is 12.1 Å². The molecule has 0 atom stereocenters. The minimum Gasteiger partial charge on any atom is -0.337 e. The Morgan fingerprint density at radius 2 is 1.63 bits per heavy atom. The number of aromatic nitrogens is 6. The van der Waals surface area contributed by atoms with Gasteiger partial charge in [-0.1, -0.05) is 48.0 Å². The summed E-state index contributed by atoms with van der Waals surface area (Å²) in [5.41, 5.74) is 5.74. The van der Waals surface area contributed by atoms with E-state index < -0.39 is 5.69 Å². The number of hydrogen-bond acceptors (Lipinski definition) is 6. The molecular formula is C26H18ClN7O. The van der Waals surface area contributed by atoms with Gasteiger partial charge < -0.3 is 10.3 Å². The van der Waals surface area contributed by atoms with Crippen LogP contribution in [0.25, 0.3) is 39.2 Å². The van der Waals surface area contributed by atoms with Gasteiger partial charge in [0, 0.05) is 16.3 Å². The Balaban J connectivity index is 1.34. The van der Waals surface area contributed by atoms with Crippen molar-refractivity contribution in [2.45, 2.75) is 6.92 Å². The van der Waals surface area contributed by atoms with Gasteiger partial charge in [0.2, 0.25) is 5.65 Å². The summed E-state index contributed by atoms with van der Waals surface area (Å²) in [5.74, 6) is 1.39. The maximum atomic E-state index is 12.2. The zero-order valence-corrected chi connectivity index (χ0v) is 19.3. The van der Waals surface area contributed by atoms with Crippen LogP contribution in [-0.4, -0.2) is 29.5 Å². The number of rotatable bonds is 4. The van der Waals surface area contributed by atoms with E-state index in [0.717, 1.165) is 33.7 Å². The lowest BCUT2D eigenvalue weighted by Gasteiger charge is -2.10. The smallest absolute Gasteiger partial charge is 0.337 e. The predicted octanol–water partition coefficient (Wildman–Crippen LogP) is 5.40. The molecule has 0 unspecified atom stereocenters. The molecule has 35 heavy (non-hydrogen) atoms. The summed E-state index contributed by atoms with van der Waals surface area (Å²) in [7, 11) is 0. The average Bonchev–Trinajstić information content (AvgIpc) is 3.27. The fraction of sp³-hybridized carbons (Fsp3) is 0.0385. The molecule has 3 aromatic carbocycles. The molecule has 0 aliphatic rings. The number of anilines is 2. The Kier molecular flexibility index (Phi) is 5.00. The first-order valence-electron chi connectivity index (χ1n) is 10.9. The number of fused-ring (bicyclic) bond motifs is 3. The molecule has 0 spiro atoms. The quantitative estimate of drug-likeness (QED) is 0.351. The lowest BCUT2D eigenvalue weighted by molar-refractivity contribution is 1.02. The third-order valence-electron chi connectivity index (χ3n) is 5.73. The molecule has 0 saturated heterocycles. The van der Waals surface area contributed by atoms with Crippen LogP contribution in [0.3, 0.4) is 0 Å². The summed E-state index contributed by atoms with van der Waals surface area (Å²) < 4.78 is 1.98. The normalized spacial score (nSPS) is 11.3. The van der Waals surface area contributed by atoms with Gasteiger partial charge in [-0.2, -0.15) is 4.98 Å². The molecule has 0 bridgehead atoms. The van der Waals surface area contributed by atoms with Crippen LogP contribution in [0.5, 0.6) is 0 Å². The minimum absolute atomic E-state index is 0.417. The van der Waals surface area contributed by atoms with Gasteiger partial charge in [-0.3, -0.25) is 4.40 Å². The van der Waals surface area contributed by atoms with Gasteiger partial charge in [-0.25, -0.2) is 9.78 Å². The second kappa shape index (κ2) is 8.34. The molecule has 0 aliphatic heterocycles. The van der Waals surface area contributed by atoms with E-state index in [-0.39, 0.29) is 0 Å². The van der Waals surface area contributed by atoms with E-state index in [0.29, 0.717) is 27.9 Å². The van der Waals surface area contributed by atoms with Crippen LogP contribution >= 0.6 is 11.6 Å². The molecule has 3 aromatic heterocycles. The first kappa shape index (κ1) is 21.0. The summed E-state index contributed by atoms with van der Waals surface area (Å²) in [6, 6.07) is 24.6. The number of benzene rings is 3. The van der Waals surface area contributed by atoms with E-state index >= 15 is 0 Å². The third kappa shape index (κ3) is 3.89. The van der Waals surface area contributed by atoms with Gasteiger partial charge in [0.25, 0.3) is 0 Å². The molecule has 9 heteroatoms. The van der Waals surface area contributed by atoms with E-state index in [1.165, 1.54) is 0 Å². The highest BCUT2D eigenvalue weighted by Crippen LogP contribution is 2.27. The summed E-state index contributed by atoms with van der Waals surface area (Å²) >= 11 is 5.99. The number of nitrogens with zero attached hydrogens (tertiary/aromatic N) is 5. The summed E-state index contributed by atoms with van der Waals surface area (Å²) in [5, 5.41) is 12.5. The largest absolute Gasteiger partial charge is 0.345 e. The Labute approximate surface area is 204 Å². The fourth-order valence-corrected chi connectivity index (χ4v) is 4.18. The average molecular weight is 480 g/mol. The molecule has 6 rings (SSSR count). The van der Waals surface area contributed by atoms with E-state index in [2.05, 4.69) is 25.5 Å². The summed E-state index contributed by atoms with van der Waals surface area (Å²) in [4.78, 5) is 23.9. The zero-order valence-electron chi connectivity index (χ0n) is 18.5. The Morgan fingerprint density at radius 1 is 0.886 bits per heavy atom. The topological polar surface area (TPSA) is 101 Å². The molecule has 170 valence electrons. The molecule has 8 nitrogen and oxygen atoms in total. The van der Waals surface area contributed by atoms with Crippen LogP contribution in [0.4, 0.5) is 11.5 Å². The molecule has 0 amide bonds. The van der Waals surface area contributed by atoms with Crippen molar-refractivity contribution in [2.75, 3.05) is 5.32 Å². The van der Waals surface area contributed by atoms with Crippen LogP contribution in [0.15, 0.2) is 83.7 Å². The standard InChI is InChI=1S/C26H18ClN7O/c1-15-32-33-25-24(29-20-4-2-3-5-23(20)34(15)25)28-19-12-8-17(9-13-19)22-14-21(30-26(35)31-22)16-6-10-18(27)11-7-16/h2-14H,1H3,(H,28,29)(H,30,31,35). The number of aryl methyl sites for hydroxylation is 1. The lowest BCUT2D eigenvalue weighted by atomic mass is 10.1. The van der Waals surface area contributed by atoms with Gasteiger partial charge in [0.1, 0.15) is 5.82 Å². The minimum atomic E-state index is -0.417. The number of nitrogens with one attached hydrogen (secondary N) is 2. The van der Waals surface area contributed by atoms with Crippen LogP contribution < -0.4 is 11.0 Å². The number of H-pyrrole nitrogens is 1. The summed E-state index contributed by atoms with van der Waals surface area (Å²) in [6.45, 7) is 1.91. The Bertz CT molecular complexity index is 1760. The maximum Gasteiger partial charge on any atom is 0.345 e. The molecule has 0 fully saturated rings. The van der Waals surface area contributed by atoms with Crippen LogP contribution in [0, 0.1) is 6.92 Å².